The van der Waals surface area contributed by atoms with Crippen molar-refractivity contribution in [3.05, 3.63) is 17.5 Å². The monoisotopic (exact) mass is 208 g/mol. The van der Waals surface area contributed by atoms with Crippen LogP contribution in [0.2, 0.25) is 0 Å². The minimum Gasteiger partial charge on any atom is -0.381 e. The number of hydrogen-bond donors (Lipinski definition) is 0. The Morgan fingerprint density at radius 2 is 2.53 bits per heavy atom. The van der Waals surface area contributed by atoms with Gasteiger partial charge in [-0.2, -0.15) is 5.10 Å². The average molecular weight is 208 g/mol. The smallest absolute Gasteiger partial charge is 0.177 e. The quantitative estimate of drug-likeness (QED) is 0.701. The van der Waals surface area contributed by atoms with E-state index in [4.69, 9.17) is 4.74 Å². The summed E-state index contributed by atoms with van der Waals surface area (Å²) in [4.78, 5) is 11.2. The standard InChI is InChI=1S/C11H16N2O2/c1-8(14)11-6-10(12-13(11)2)5-9-3-4-15-7-9/h6,9H,3-5,7H2,1-2H3. The highest BCUT2D eigenvalue weighted by Gasteiger charge is 2.18. The molecule has 4 heteroatoms. The number of nitrogens with zero attached hydrogens (tertiary/aromatic N) is 2. The van der Waals surface area contributed by atoms with Gasteiger partial charge in [-0.3, -0.25) is 9.48 Å². The first-order valence-electron chi connectivity index (χ1n) is 5.28. The largest absolute Gasteiger partial charge is 0.381 e. The van der Waals surface area contributed by atoms with Gasteiger partial charge in [-0.25, -0.2) is 0 Å². The van der Waals surface area contributed by atoms with Gasteiger partial charge in [-0.1, -0.05) is 0 Å². The summed E-state index contributed by atoms with van der Waals surface area (Å²) < 4.78 is 6.97. The lowest BCUT2D eigenvalue weighted by Gasteiger charge is -2.02. The maximum Gasteiger partial charge on any atom is 0.177 e. The summed E-state index contributed by atoms with van der Waals surface area (Å²) >= 11 is 0. The van der Waals surface area contributed by atoms with Crippen LogP contribution in [-0.4, -0.2) is 28.8 Å². The average Bonchev–Trinajstić information content (AvgIpc) is 2.75. The zero-order valence-electron chi connectivity index (χ0n) is 9.19. The zero-order valence-corrected chi connectivity index (χ0v) is 9.19. The van der Waals surface area contributed by atoms with E-state index in [0.717, 1.165) is 31.7 Å². The van der Waals surface area contributed by atoms with Gasteiger partial charge in [-0.15, -0.1) is 0 Å². The van der Waals surface area contributed by atoms with Gasteiger partial charge in [0.15, 0.2) is 5.78 Å². The Morgan fingerprint density at radius 1 is 1.73 bits per heavy atom. The fraction of sp³-hybridized carbons (Fsp3) is 0.636. The Labute approximate surface area is 89.2 Å². The number of aryl methyl sites for hydroxylation is 1. The lowest BCUT2D eigenvalue weighted by molar-refractivity contribution is 0.100. The Bertz CT molecular complexity index is 365. The van der Waals surface area contributed by atoms with E-state index in [1.165, 1.54) is 0 Å². The van der Waals surface area contributed by atoms with Crippen LogP contribution >= 0.6 is 0 Å². The summed E-state index contributed by atoms with van der Waals surface area (Å²) in [6, 6.07) is 1.89. The Morgan fingerprint density at radius 3 is 3.07 bits per heavy atom. The Balaban J connectivity index is 2.08. The van der Waals surface area contributed by atoms with Crippen molar-refractivity contribution in [2.75, 3.05) is 13.2 Å². The third-order valence-corrected chi connectivity index (χ3v) is 2.81. The van der Waals surface area contributed by atoms with Crippen LogP contribution in [0.5, 0.6) is 0 Å². The lowest BCUT2D eigenvalue weighted by atomic mass is 10.0. The molecule has 0 amide bonds. The van der Waals surface area contributed by atoms with Crippen LogP contribution in [0.25, 0.3) is 0 Å². The molecule has 0 bridgehead atoms. The van der Waals surface area contributed by atoms with Crippen molar-refractivity contribution >= 4 is 5.78 Å². The van der Waals surface area contributed by atoms with Gasteiger partial charge in [0.05, 0.1) is 5.69 Å². The van der Waals surface area contributed by atoms with Gasteiger partial charge in [0.1, 0.15) is 5.69 Å². The fourth-order valence-corrected chi connectivity index (χ4v) is 2.00. The van der Waals surface area contributed by atoms with Crippen LogP contribution in [-0.2, 0) is 18.2 Å². The molecular weight excluding hydrogens is 192 g/mol. The SMILES string of the molecule is CC(=O)c1cc(CC2CCOC2)nn1C. The van der Waals surface area contributed by atoms with Crippen molar-refractivity contribution in [3.63, 3.8) is 0 Å². The minimum absolute atomic E-state index is 0.0684. The van der Waals surface area contributed by atoms with Gasteiger partial charge in [0.2, 0.25) is 0 Å². The number of aromatic nitrogens is 2. The minimum atomic E-state index is 0.0684. The second-order valence-electron chi connectivity index (χ2n) is 4.13. The van der Waals surface area contributed by atoms with Crippen LogP contribution in [0.15, 0.2) is 6.07 Å². The lowest BCUT2D eigenvalue weighted by Crippen LogP contribution is -2.05. The molecule has 1 aromatic heterocycles. The number of rotatable bonds is 3. The van der Waals surface area contributed by atoms with Crippen LogP contribution < -0.4 is 0 Å². The van der Waals surface area contributed by atoms with E-state index in [9.17, 15) is 4.79 Å². The molecule has 1 unspecified atom stereocenters. The van der Waals surface area contributed by atoms with Crippen LogP contribution in [0, 0.1) is 5.92 Å². The Kier molecular flexibility index (Phi) is 2.86. The Hall–Kier alpha value is -1.16. The second-order valence-corrected chi connectivity index (χ2v) is 4.13. The molecule has 0 N–H and O–H groups in total. The summed E-state index contributed by atoms with van der Waals surface area (Å²) in [7, 11) is 1.81. The van der Waals surface area contributed by atoms with E-state index < -0.39 is 0 Å². The first kappa shape index (κ1) is 10.4. The molecule has 0 aromatic carbocycles. The van der Waals surface area contributed by atoms with Crippen molar-refractivity contribution in [2.24, 2.45) is 13.0 Å². The van der Waals surface area contributed by atoms with Crippen molar-refractivity contribution in [2.45, 2.75) is 19.8 Å². The molecule has 4 nitrogen and oxygen atoms in total. The second kappa shape index (κ2) is 4.14. The summed E-state index contributed by atoms with van der Waals surface area (Å²) in [5.74, 6) is 0.638. The van der Waals surface area contributed by atoms with E-state index in [-0.39, 0.29) is 5.78 Å². The molecule has 1 atom stereocenters. The third kappa shape index (κ3) is 2.26. The molecule has 1 saturated heterocycles. The van der Waals surface area contributed by atoms with E-state index in [1.54, 1.807) is 11.6 Å². The van der Waals surface area contributed by atoms with E-state index >= 15 is 0 Å². The van der Waals surface area contributed by atoms with Crippen molar-refractivity contribution in [1.29, 1.82) is 0 Å². The van der Waals surface area contributed by atoms with Crippen LogP contribution in [0.4, 0.5) is 0 Å². The molecule has 0 saturated carbocycles. The molecule has 82 valence electrons. The number of ketones is 1. The molecule has 15 heavy (non-hydrogen) atoms. The maximum absolute atomic E-state index is 11.2. The number of Topliss-reactive ketones (excluding diaryl/α,β-unsaturated/α-hetero) is 1. The van der Waals surface area contributed by atoms with Gasteiger partial charge >= 0.3 is 0 Å². The maximum atomic E-state index is 11.2. The predicted molar refractivity (Wildman–Crippen MR) is 55.8 cm³/mol. The molecule has 0 radical (unpaired) electrons. The molecule has 1 aliphatic rings. The van der Waals surface area contributed by atoms with E-state index in [2.05, 4.69) is 5.10 Å². The van der Waals surface area contributed by atoms with Crippen LogP contribution in [0.3, 0.4) is 0 Å². The molecule has 0 aliphatic carbocycles. The van der Waals surface area contributed by atoms with Crippen molar-refractivity contribution < 1.29 is 9.53 Å². The zero-order chi connectivity index (χ0) is 10.8. The van der Waals surface area contributed by atoms with Gasteiger partial charge < -0.3 is 4.74 Å². The summed E-state index contributed by atoms with van der Waals surface area (Å²) in [5, 5.41) is 4.34. The fourth-order valence-electron chi connectivity index (χ4n) is 2.00. The van der Waals surface area contributed by atoms with E-state index in [0.29, 0.717) is 11.6 Å². The topological polar surface area (TPSA) is 44.1 Å². The molecule has 2 rings (SSSR count). The molecule has 2 heterocycles. The highest BCUT2D eigenvalue weighted by molar-refractivity contribution is 5.92. The number of hydrogen-bond acceptors (Lipinski definition) is 3. The summed E-state index contributed by atoms with van der Waals surface area (Å²) in [6.07, 6.45) is 2.02. The highest BCUT2D eigenvalue weighted by Crippen LogP contribution is 2.18. The highest BCUT2D eigenvalue weighted by atomic mass is 16.5. The summed E-state index contributed by atoms with van der Waals surface area (Å²) in [5.41, 5.74) is 1.68. The van der Waals surface area contributed by atoms with Crippen LogP contribution in [0.1, 0.15) is 29.5 Å². The van der Waals surface area contributed by atoms with Crippen molar-refractivity contribution in [1.82, 2.24) is 9.78 Å². The molecular formula is C11H16N2O2. The normalized spacial score (nSPS) is 20.8. The molecule has 0 spiro atoms. The van der Waals surface area contributed by atoms with Crippen molar-refractivity contribution in [3.8, 4) is 0 Å². The van der Waals surface area contributed by atoms with E-state index in [1.807, 2.05) is 13.1 Å². The first-order valence-corrected chi connectivity index (χ1v) is 5.28. The van der Waals surface area contributed by atoms with Gasteiger partial charge in [0.25, 0.3) is 0 Å². The number of carbonyl (C=O) groups excluding carboxylic acids is 1. The molecule has 1 fully saturated rings. The number of ether oxygens (including phenoxy) is 1. The summed E-state index contributed by atoms with van der Waals surface area (Å²) in [6.45, 7) is 3.25. The van der Waals surface area contributed by atoms with Gasteiger partial charge in [0, 0.05) is 27.2 Å². The molecule has 1 aliphatic heterocycles. The molecule has 1 aromatic rings. The third-order valence-electron chi connectivity index (χ3n) is 2.81. The number of carbonyl (C=O) groups is 1. The first-order chi connectivity index (χ1) is 7.16. The predicted octanol–water partition coefficient (Wildman–Crippen LogP) is 1.20. The van der Waals surface area contributed by atoms with Gasteiger partial charge in [-0.05, 0) is 24.8 Å².